The van der Waals surface area contributed by atoms with Crippen LogP contribution in [0, 0.1) is 5.41 Å². The number of nitrogens with one attached hydrogen (secondary N) is 1. The van der Waals surface area contributed by atoms with Crippen LogP contribution in [0.1, 0.15) is 45.2 Å². The minimum Gasteiger partial charge on any atom is -0.367 e. The molecule has 1 saturated heterocycles. The van der Waals surface area contributed by atoms with Crippen molar-refractivity contribution < 1.29 is 9.63 Å². The first kappa shape index (κ1) is 15.0. The van der Waals surface area contributed by atoms with Crippen molar-refractivity contribution in [2.45, 2.75) is 39.5 Å². The molecule has 118 valence electrons. The van der Waals surface area contributed by atoms with Gasteiger partial charge < -0.3 is 4.84 Å². The summed E-state index contributed by atoms with van der Waals surface area (Å²) >= 11 is 0. The maximum absolute atomic E-state index is 11.9. The molecular formula is C17H23N3O2. The minimum absolute atomic E-state index is 0.170. The fraction of sp³-hybridized carbons (Fsp3) is 0.529. The van der Waals surface area contributed by atoms with Crippen LogP contribution in [0.15, 0.2) is 24.3 Å². The molecular weight excluding hydrogens is 278 g/mol. The van der Waals surface area contributed by atoms with Gasteiger partial charge in [0.25, 0.3) is 0 Å². The molecule has 1 aromatic carbocycles. The molecule has 0 amide bonds. The number of hydrogen-bond donors (Lipinski definition) is 1. The first-order valence-corrected chi connectivity index (χ1v) is 7.85. The maximum atomic E-state index is 11.9. The van der Waals surface area contributed by atoms with Gasteiger partial charge in [-0.05, 0) is 39.7 Å². The number of H-pyrrole nitrogens is 1. The number of benzene rings is 1. The number of aromatic amines is 1. The number of hydrogen-bond acceptors (Lipinski definition) is 4. The van der Waals surface area contributed by atoms with Crippen molar-refractivity contribution in [2.75, 3.05) is 13.1 Å². The molecule has 1 N–H and O–H groups in total. The molecule has 0 unspecified atom stereocenters. The van der Waals surface area contributed by atoms with E-state index >= 15 is 0 Å². The van der Waals surface area contributed by atoms with E-state index in [1.165, 1.54) is 5.39 Å². The number of hydroxylamine groups is 2. The third-order valence-corrected chi connectivity index (χ3v) is 4.16. The van der Waals surface area contributed by atoms with Crippen LogP contribution in [-0.4, -0.2) is 34.3 Å². The Morgan fingerprint density at radius 3 is 2.64 bits per heavy atom. The number of nitrogens with zero attached hydrogens (tertiary/aromatic N) is 2. The lowest BCUT2D eigenvalue weighted by Gasteiger charge is -2.31. The van der Waals surface area contributed by atoms with Crippen molar-refractivity contribution in [2.24, 2.45) is 5.41 Å². The normalized spacial score (nSPS) is 17.8. The average molecular weight is 301 g/mol. The monoisotopic (exact) mass is 301 g/mol. The third-order valence-electron chi connectivity index (χ3n) is 4.16. The second-order valence-electron chi connectivity index (χ2n) is 6.99. The molecule has 0 spiro atoms. The van der Waals surface area contributed by atoms with Crippen LogP contribution >= 0.6 is 0 Å². The van der Waals surface area contributed by atoms with Crippen molar-refractivity contribution in [3.63, 3.8) is 0 Å². The zero-order valence-corrected chi connectivity index (χ0v) is 13.4. The zero-order valence-electron chi connectivity index (χ0n) is 13.4. The summed E-state index contributed by atoms with van der Waals surface area (Å²) < 4.78 is 0. The van der Waals surface area contributed by atoms with E-state index in [0.717, 1.165) is 37.1 Å². The molecule has 3 rings (SSSR count). The average Bonchev–Trinajstić information content (AvgIpc) is 2.91. The Morgan fingerprint density at radius 2 is 1.95 bits per heavy atom. The summed E-state index contributed by atoms with van der Waals surface area (Å²) in [5.41, 5.74) is 1.76. The number of para-hydroxylation sites is 1. The van der Waals surface area contributed by atoms with Gasteiger partial charge in [-0.25, -0.2) is 4.79 Å². The largest absolute Gasteiger partial charge is 0.367 e. The van der Waals surface area contributed by atoms with Crippen molar-refractivity contribution >= 4 is 16.9 Å². The van der Waals surface area contributed by atoms with Crippen LogP contribution in [0.2, 0.25) is 0 Å². The molecule has 1 aliphatic heterocycles. The molecule has 0 radical (unpaired) electrons. The van der Waals surface area contributed by atoms with Gasteiger partial charge >= 0.3 is 5.97 Å². The zero-order chi connectivity index (χ0) is 15.7. The topological polar surface area (TPSA) is 58.2 Å². The number of rotatable bonds is 2. The van der Waals surface area contributed by atoms with Gasteiger partial charge in [-0.15, -0.1) is 5.06 Å². The van der Waals surface area contributed by atoms with Crippen LogP contribution in [0.3, 0.4) is 0 Å². The lowest BCUT2D eigenvalue weighted by atomic mass is 9.92. The first-order valence-electron chi connectivity index (χ1n) is 7.85. The lowest BCUT2D eigenvalue weighted by molar-refractivity contribution is -0.204. The van der Waals surface area contributed by atoms with Gasteiger partial charge in [0.2, 0.25) is 0 Å². The minimum atomic E-state index is -0.463. The molecule has 1 fully saturated rings. The van der Waals surface area contributed by atoms with Crippen molar-refractivity contribution in [1.29, 1.82) is 0 Å². The van der Waals surface area contributed by atoms with Gasteiger partial charge in [-0.1, -0.05) is 18.2 Å². The highest BCUT2D eigenvalue weighted by molar-refractivity contribution is 5.81. The highest BCUT2D eigenvalue weighted by Gasteiger charge is 2.29. The second kappa shape index (κ2) is 5.72. The summed E-state index contributed by atoms with van der Waals surface area (Å²) in [6.45, 7) is 7.13. The van der Waals surface area contributed by atoms with Crippen LogP contribution in [-0.2, 0) is 9.63 Å². The molecule has 5 heteroatoms. The third kappa shape index (κ3) is 2.99. The van der Waals surface area contributed by atoms with Gasteiger partial charge in [-0.3, -0.25) is 5.10 Å². The lowest BCUT2D eigenvalue weighted by Crippen LogP contribution is -2.38. The van der Waals surface area contributed by atoms with Crippen molar-refractivity contribution in [3.05, 3.63) is 30.0 Å². The fourth-order valence-corrected chi connectivity index (χ4v) is 2.77. The molecule has 2 aromatic rings. The van der Waals surface area contributed by atoms with E-state index in [0.29, 0.717) is 5.92 Å². The van der Waals surface area contributed by atoms with E-state index in [4.69, 9.17) is 4.84 Å². The Balaban J connectivity index is 1.64. The number of fused-ring (bicyclic) bond motifs is 1. The predicted molar refractivity (Wildman–Crippen MR) is 85.2 cm³/mol. The molecule has 0 atom stereocenters. The summed E-state index contributed by atoms with van der Waals surface area (Å²) in [6.07, 6.45) is 1.90. The Bertz CT molecular complexity index is 664. The van der Waals surface area contributed by atoms with E-state index in [1.54, 1.807) is 5.06 Å². The Morgan fingerprint density at radius 1 is 1.27 bits per heavy atom. The van der Waals surface area contributed by atoms with E-state index in [2.05, 4.69) is 16.3 Å². The number of piperidine rings is 1. The number of carbonyl (C=O) groups is 1. The van der Waals surface area contributed by atoms with E-state index < -0.39 is 5.41 Å². The summed E-state index contributed by atoms with van der Waals surface area (Å²) in [6, 6.07) is 8.21. The highest BCUT2D eigenvalue weighted by Crippen LogP contribution is 2.31. The predicted octanol–water partition coefficient (Wildman–Crippen LogP) is 3.25. The van der Waals surface area contributed by atoms with Gasteiger partial charge in [0.1, 0.15) is 0 Å². The molecule has 0 saturated carbocycles. The molecule has 0 bridgehead atoms. The number of carbonyl (C=O) groups excluding carboxylic acids is 1. The van der Waals surface area contributed by atoms with E-state index in [1.807, 2.05) is 39.0 Å². The standard InChI is InChI=1S/C17H23N3O2/c1-17(2,3)16(21)22-20-10-8-12(9-11-20)15-13-6-4-5-7-14(13)18-19-15/h4-7,12H,8-11H2,1-3H3,(H,18,19). The molecule has 1 aromatic heterocycles. The highest BCUT2D eigenvalue weighted by atomic mass is 16.7. The van der Waals surface area contributed by atoms with Gasteiger partial charge in [0.05, 0.1) is 16.6 Å². The molecule has 0 aliphatic carbocycles. The van der Waals surface area contributed by atoms with Gasteiger partial charge in [-0.2, -0.15) is 5.10 Å². The van der Waals surface area contributed by atoms with E-state index in [9.17, 15) is 4.79 Å². The molecule has 5 nitrogen and oxygen atoms in total. The number of aromatic nitrogens is 2. The van der Waals surface area contributed by atoms with Crippen molar-refractivity contribution in [1.82, 2.24) is 15.3 Å². The Hall–Kier alpha value is -1.88. The second-order valence-corrected chi connectivity index (χ2v) is 6.99. The van der Waals surface area contributed by atoms with E-state index in [-0.39, 0.29) is 5.97 Å². The quantitative estimate of drug-likeness (QED) is 0.925. The summed E-state index contributed by atoms with van der Waals surface area (Å²) in [4.78, 5) is 17.4. The smallest absolute Gasteiger partial charge is 0.330 e. The summed E-state index contributed by atoms with van der Waals surface area (Å²) in [7, 11) is 0. The fourth-order valence-electron chi connectivity index (χ4n) is 2.77. The Labute approximate surface area is 130 Å². The maximum Gasteiger partial charge on any atom is 0.330 e. The first-order chi connectivity index (χ1) is 10.4. The SMILES string of the molecule is CC(C)(C)C(=O)ON1CCC(c2n[nH]c3ccccc23)CC1. The van der Waals surface area contributed by atoms with Crippen LogP contribution in [0.25, 0.3) is 10.9 Å². The van der Waals surface area contributed by atoms with Gasteiger partial charge in [0, 0.05) is 24.4 Å². The summed E-state index contributed by atoms with van der Waals surface area (Å²) in [5, 5.41) is 10.6. The molecule has 1 aliphatic rings. The summed E-state index contributed by atoms with van der Waals surface area (Å²) in [5.74, 6) is 0.247. The molecule has 2 heterocycles. The van der Waals surface area contributed by atoms with Crippen LogP contribution in [0.4, 0.5) is 0 Å². The van der Waals surface area contributed by atoms with Crippen molar-refractivity contribution in [3.8, 4) is 0 Å². The Kier molecular flexibility index (Phi) is 3.91. The van der Waals surface area contributed by atoms with Gasteiger partial charge in [0.15, 0.2) is 0 Å². The van der Waals surface area contributed by atoms with Crippen LogP contribution < -0.4 is 0 Å². The van der Waals surface area contributed by atoms with Crippen LogP contribution in [0.5, 0.6) is 0 Å². The molecule has 22 heavy (non-hydrogen) atoms.